The molecule has 1 unspecified atom stereocenters. The fraction of sp³-hybridized carbons (Fsp3) is 0.471. The van der Waals surface area contributed by atoms with Crippen molar-refractivity contribution in [3.8, 4) is 11.4 Å². The second kappa shape index (κ2) is 7.84. The van der Waals surface area contributed by atoms with E-state index >= 15 is 0 Å². The molecular weight excluding hydrogens is 262 g/mol. The van der Waals surface area contributed by atoms with E-state index in [-0.39, 0.29) is 0 Å². The standard InChI is InChI=1S/C17H25N3O/c1-4-16(19(2)3)11-8-14-21-20-13-12-18-17(20)15-9-6-5-7-10-15/h5-7,9-10,12-13,16H,4,8,11,14H2,1-3H3. The summed E-state index contributed by atoms with van der Waals surface area (Å²) in [6.45, 7) is 2.94. The van der Waals surface area contributed by atoms with Gasteiger partial charge in [0.15, 0.2) is 5.82 Å². The molecule has 0 N–H and O–H groups in total. The first-order chi connectivity index (χ1) is 10.2. The molecule has 1 aromatic heterocycles. The third kappa shape index (κ3) is 4.33. The Morgan fingerprint density at radius 2 is 2.00 bits per heavy atom. The topological polar surface area (TPSA) is 30.3 Å². The van der Waals surface area contributed by atoms with Crippen LogP contribution in [0.1, 0.15) is 26.2 Å². The van der Waals surface area contributed by atoms with Crippen LogP contribution in [-0.2, 0) is 0 Å². The van der Waals surface area contributed by atoms with Crippen molar-refractivity contribution in [2.24, 2.45) is 0 Å². The van der Waals surface area contributed by atoms with Crippen LogP contribution < -0.4 is 4.84 Å². The van der Waals surface area contributed by atoms with Gasteiger partial charge in [0.2, 0.25) is 0 Å². The van der Waals surface area contributed by atoms with Gasteiger partial charge >= 0.3 is 0 Å². The minimum atomic E-state index is 0.630. The molecule has 1 aromatic carbocycles. The number of nitrogens with zero attached hydrogens (tertiary/aromatic N) is 3. The van der Waals surface area contributed by atoms with Crippen LogP contribution in [0.5, 0.6) is 0 Å². The number of hydrogen-bond donors (Lipinski definition) is 0. The Balaban J connectivity index is 1.86. The average Bonchev–Trinajstić information content (AvgIpc) is 2.96. The van der Waals surface area contributed by atoms with Gasteiger partial charge in [-0.3, -0.25) is 0 Å². The maximum atomic E-state index is 5.84. The lowest BCUT2D eigenvalue weighted by atomic mass is 10.1. The van der Waals surface area contributed by atoms with E-state index in [1.807, 2.05) is 36.5 Å². The number of imidazole rings is 1. The molecular formula is C17H25N3O. The molecule has 4 nitrogen and oxygen atoms in total. The van der Waals surface area contributed by atoms with Crippen LogP contribution in [-0.4, -0.2) is 41.4 Å². The van der Waals surface area contributed by atoms with Gasteiger partial charge in [0.05, 0.1) is 6.20 Å². The van der Waals surface area contributed by atoms with Crippen molar-refractivity contribution in [3.05, 3.63) is 42.7 Å². The maximum absolute atomic E-state index is 5.84. The zero-order chi connectivity index (χ0) is 15.1. The Morgan fingerprint density at radius 1 is 1.24 bits per heavy atom. The SMILES string of the molecule is CCC(CCCOn1ccnc1-c1ccccc1)N(C)C. The predicted octanol–water partition coefficient (Wildman–Crippen LogP) is 3.10. The fourth-order valence-corrected chi connectivity index (χ4v) is 2.49. The summed E-state index contributed by atoms with van der Waals surface area (Å²) in [4.78, 5) is 12.5. The third-order valence-corrected chi connectivity index (χ3v) is 3.75. The molecule has 1 heterocycles. The normalized spacial score (nSPS) is 12.6. The highest BCUT2D eigenvalue weighted by atomic mass is 16.7. The average molecular weight is 287 g/mol. The molecule has 0 amide bonds. The van der Waals surface area contributed by atoms with Gasteiger partial charge in [-0.2, -0.15) is 4.73 Å². The molecule has 0 aliphatic carbocycles. The van der Waals surface area contributed by atoms with Crippen molar-refractivity contribution in [2.75, 3.05) is 20.7 Å². The Kier molecular flexibility index (Phi) is 5.81. The van der Waals surface area contributed by atoms with E-state index in [0.29, 0.717) is 12.6 Å². The molecule has 0 bridgehead atoms. The zero-order valence-electron chi connectivity index (χ0n) is 13.2. The van der Waals surface area contributed by atoms with Gasteiger partial charge in [-0.15, -0.1) is 0 Å². The van der Waals surface area contributed by atoms with Gasteiger partial charge in [-0.25, -0.2) is 4.98 Å². The quantitative estimate of drug-likeness (QED) is 0.699. The summed E-state index contributed by atoms with van der Waals surface area (Å²) in [5, 5.41) is 0. The summed E-state index contributed by atoms with van der Waals surface area (Å²) in [7, 11) is 4.27. The molecule has 0 fully saturated rings. The molecule has 0 spiro atoms. The highest BCUT2D eigenvalue weighted by Gasteiger charge is 2.09. The number of rotatable bonds is 8. The number of benzene rings is 1. The Morgan fingerprint density at radius 3 is 2.67 bits per heavy atom. The number of aromatic nitrogens is 2. The third-order valence-electron chi connectivity index (χ3n) is 3.75. The van der Waals surface area contributed by atoms with E-state index in [4.69, 9.17) is 4.84 Å². The molecule has 1 atom stereocenters. The van der Waals surface area contributed by atoms with Crippen LogP contribution in [0.25, 0.3) is 11.4 Å². The van der Waals surface area contributed by atoms with Gasteiger partial charge in [0, 0.05) is 17.8 Å². The molecule has 2 rings (SSSR count). The summed E-state index contributed by atoms with van der Waals surface area (Å²) in [5.41, 5.74) is 1.07. The maximum Gasteiger partial charge on any atom is 0.175 e. The van der Waals surface area contributed by atoms with Gasteiger partial charge < -0.3 is 9.74 Å². The fourth-order valence-electron chi connectivity index (χ4n) is 2.49. The van der Waals surface area contributed by atoms with Crippen molar-refractivity contribution >= 4 is 0 Å². The molecule has 0 radical (unpaired) electrons. The summed E-state index contributed by atoms with van der Waals surface area (Å²) < 4.78 is 1.77. The summed E-state index contributed by atoms with van der Waals surface area (Å²) in [6.07, 6.45) is 7.01. The lowest BCUT2D eigenvalue weighted by molar-refractivity contribution is 0.104. The Labute approximate surface area is 127 Å². The molecule has 0 aliphatic heterocycles. The van der Waals surface area contributed by atoms with Crippen molar-refractivity contribution in [1.29, 1.82) is 0 Å². The lowest BCUT2D eigenvalue weighted by Crippen LogP contribution is -2.27. The van der Waals surface area contributed by atoms with Crippen LogP contribution >= 0.6 is 0 Å². The van der Waals surface area contributed by atoms with Gasteiger partial charge in [-0.1, -0.05) is 37.3 Å². The van der Waals surface area contributed by atoms with E-state index in [1.54, 1.807) is 10.9 Å². The van der Waals surface area contributed by atoms with E-state index in [2.05, 4.69) is 30.9 Å². The van der Waals surface area contributed by atoms with Crippen molar-refractivity contribution in [2.45, 2.75) is 32.2 Å². The summed E-state index contributed by atoms with van der Waals surface area (Å²) in [6, 6.07) is 10.7. The smallest absolute Gasteiger partial charge is 0.175 e. The first-order valence-corrected chi connectivity index (χ1v) is 7.61. The molecule has 0 aliphatic rings. The van der Waals surface area contributed by atoms with Crippen molar-refractivity contribution in [1.82, 2.24) is 14.6 Å². The first kappa shape index (κ1) is 15.6. The molecule has 4 heteroatoms. The van der Waals surface area contributed by atoms with E-state index in [9.17, 15) is 0 Å². The predicted molar refractivity (Wildman–Crippen MR) is 86.1 cm³/mol. The summed E-state index contributed by atoms with van der Waals surface area (Å²) >= 11 is 0. The van der Waals surface area contributed by atoms with Crippen LogP contribution in [0.4, 0.5) is 0 Å². The molecule has 114 valence electrons. The van der Waals surface area contributed by atoms with Crippen LogP contribution in [0.2, 0.25) is 0 Å². The highest BCUT2D eigenvalue weighted by Crippen LogP contribution is 2.15. The van der Waals surface area contributed by atoms with E-state index in [1.165, 1.54) is 6.42 Å². The van der Waals surface area contributed by atoms with Gasteiger partial charge in [0.25, 0.3) is 0 Å². The zero-order valence-corrected chi connectivity index (χ0v) is 13.2. The van der Waals surface area contributed by atoms with Crippen molar-refractivity contribution < 1.29 is 4.84 Å². The van der Waals surface area contributed by atoms with Crippen LogP contribution in [0, 0.1) is 0 Å². The largest absolute Gasteiger partial charge is 0.412 e. The Bertz CT molecular complexity index is 522. The second-order valence-corrected chi connectivity index (χ2v) is 5.44. The minimum Gasteiger partial charge on any atom is -0.412 e. The Hall–Kier alpha value is -1.81. The van der Waals surface area contributed by atoms with Crippen molar-refractivity contribution in [3.63, 3.8) is 0 Å². The molecule has 0 saturated heterocycles. The van der Waals surface area contributed by atoms with Crippen LogP contribution in [0.3, 0.4) is 0 Å². The first-order valence-electron chi connectivity index (χ1n) is 7.61. The lowest BCUT2D eigenvalue weighted by Gasteiger charge is -2.22. The molecule has 2 aromatic rings. The van der Waals surface area contributed by atoms with Gasteiger partial charge in [-0.05, 0) is 33.4 Å². The minimum absolute atomic E-state index is 0.630. The highest BCUT2D eigenvalue weighted by molar-refractivity contribution is 5.54. The monoisotopic (exact) mass is 287 g/mol. The van der Waals surface area contributed by atoms with Crippen LogP contribution in [0.15, 0.2) is 42.7 Å². The summed E-state index contributed by atoms with van der Waals surface area (Å²) in [5.74, 6) is 0.857. The molecule has 21 heavy (non-hydrogen) atoms. The molecule has 0 saturated carbocycles. The second-order valence-electron chi connectivity index (χ2n) is 5.44. The number of hydrogen-bond acceptors (Lipinski definition) is 3. The van der Waals surface area contributed by atoms with Gasteiger partial charge in [0.1, 0.15) is 6.61 Å². The van der Waals surface area contributed by atoms with E-state index < -0.39 is 0 Å². The van der Waals surface area contributed by atoms with E-state index in [0.717, 1.165) is 24.2 Å².